The number of β-amino-alcohol motifs (C(OH)–C–C–N with tert-alkyl or cyclic N) is 1. The van der Waals surface area contributed by atoms with Crippen LogP contribution in [0.15, 0.2) is 24.3 Å². The Morgan fingerprint density at radius 2 is 2.21 bits per heavy atom. The maximum Gasteiger partial charge on any atom is 0.323 e. The number of hydrogen-bond acceptors (Lipinski definition) is 5. The van der Waals surface area contributed by atoms with Gasteiger partial charge in [0, 0.05) is 19.5 Å². The van der Waals surface area contributed by atoms with Gasteiger partial charge in [-0.1, -0.05) is 12.1 Å². The molecule has 0 saturated carbocycles. The summed E-state index contributed by atoms with van der Waals surface area (Å²) in [5.74, 6) is -0.315. The molecule has 1 aliphatic heterocycles. The maximum absolute atomic E-state index is 11.6. The maximum atomic E-state index is 11.6. The molecule has 19 heavy (non-hydrogen) atoms. The highest BCUT2D eigenvalue weighted by Crippen LogP contribution is 2.21. The van der Waals surface area contributed by atoms with Crippen LogP contribution in [0.1, 0.15) is 17.5 Å². The number of carbonyl (C=O) groups is 1. The summed E-state index contributed by atoms with van der Waals surface area (Å²) in [4.78, 5) is 13.5. The van der Waals surface area contributed by atoms with E-state index in [0.717, 1.165) is 5.56 Å². The SMILES string of the molecule is COC(=O)C1CC(O)CN1Cc1ccc(C#N)cc1. The summed E-state index contributed by atoms with van der Waals surface area (Å²) in [6, 6.07) is 8.88. The molecule has 2 atom stereocenters. The number of benzene rings is 1. The number of ether oxygens (including phenoxy) is 1. The van der Waals surface area contributed by atoms with Gasteiger partial charge in [-0.15, -0.1) is 0 Å². The van der Waals surface area contributed by atoms with Gasteiger partial charge >= 0.3 is 5.97 Å². The van der Waals surface area contributed by atoms with Crippen LogP contribution in [0.3, 0.4) is 0 Å². The summed E-state index contributed by atoms with van der Waals surface area (Å²) in [6.07, 6.45) is -0.0920. The molecule has 1 aliphatic rings. The van der Waals surface area contributed by atoms with E-state index in [0.29, 0.717) is 25.1 Å². The highest BCUT2D eigenvalue weighted by molar-refractivity contribution is 5.76. The minimum Gasteiger partial charge on any atom is -0.468 e. The van der Waals surface area contributed by atoms with Crippen LogP contribution >= 0.6 is 0 Å². The molecule has 5 heteroatoms. The zero-order chi connectivity index (χ0) is 13.8. The smallest absolute Gasteiger partial charge is 0.323 e. The molecule has 1 heterocycles. The zero-order valence-corrected chi connectivity index (χ0v) is 10.7. The Bertz CT molecular complexity index is 492. The lowest BCUT2D eigenvalue weighted by Gasteiger charge is -2.21. The van der Waals surface area contributed by atoms with Crippen molar-refractivity contribution in [1.29, 1.82) is 5.26 Å². The molecule has 5 nitrogen and oxygen atoms in total. The number of likely N-dealkylation sites (tertiary alicyclic amines) is 1. The van der Waals surface area contributed by atoms with Crippen molar-refractivity contribution in [3.05, 3.63) is 35.4 Å². The van der Waals surface area contributed by atoms with E-state index in [-0.39, 0.29) is 5.97 Å². The standard InChI is InChI=1S/C14H16N2O3/c1-19-14(18)13-6-12(17)9-16(13)8-11-4-2-10(7-15)3-5-11/h2-5,12-13,17H,6,8-9H2,1H3. The summed E-state index contributed by atoms with van der Waals surface area (Å²) < 4.78 is 4.75. The fourth-order valence-electron chi connectivity index (χ4n) is 2.35. The minimum absolute atomic E-state index is 0.315. The molecule has 0 aromatic heterocycles. The van der Waals surface area contributed by atoms with Crippen molar-refractivity contribution in [3.63, 3.8) is 0 Å². The van der Waals surface area contributed by atoms with Gasteiger partial charge in [-0.05, 0) is 17.7 Å². The van der Waals surface area contributed by atoms with Crippen molar-refractivity contribution in [2.75, 3.05) is 13.7 Å². The molecule has 1 saturated heterocycles. The fourth-order valence-corrected chi connectivity index (χ4v) is 2.35. The van der Waals surface area contributed by atoms with Crippen LogP contribution in [-0.4, -0.2) is 41.8 Å². The predicted molar refractivity (Wildman–Crippen MR) is 68.0 cm³/mol. The average Bonchev–Trinajstić information content (AvgIpc) is 2.79. The molecule has 100 valence electrons. The van der Waals surface area contributed by atoms with E-state index in [9.17, 15) is 9.90 Å². The van der Waals surface area contributed by atoms with Crippen LogP contribution in [0.25, 0.3) is 0 Å². The zero-order valence-electron chi connectivity index (χ0n) is 10.7. The van der Waals surface area contributed by atoms with Crippen molar-refractivity contribution in [2.45, 2.75) is 25.1 Å². The van der Waals surface area contributed by atoms with Crippen molar-refractivity contribution >= 4 is 5.97 Å². The first-order chi connectivity index (χ1) is 9.13. The van der Waals surface area contributed by atoms with E-state index in [4.69, 9.17) is 10.00 Å². The lowest BCUT2D eigenvalue weighted by molar-refractivity contribution is -0.146. The van der Waals surface area contributed by atoms with E-state index in [1.807, 2.05) is 17.0 Å². The minimum atomic E-state index is -0.498. The predicted octanol–water partition coefficient (Wildman–Crippen LogP) is 0.666. The van der Waals surface area contributed by atoms with E-state index in [1.165, 1.54) is 7.11 Å². The van der Waals surface area contributed by atoms with Crippen LogP contribution in [0.2, 0.25) is 0 Å². The summed E-state index contributed by atoms with van der Waals surface area (Å²) >= 11 is 0. The van der Waals surface area contributed by atoms with Gasteiger partial charge in [0.15, 0.2) is 0 Å². The third kappa shape index (κ3) is 3.11. The molecule has 0 radical (unpaired) electrons. The van der Waals surface area contributed by atoms with Crippen LogP contribution < -0.4 is 0 Å². The molecular formula is C14H16N2O3. The Balaban J connectivity index is 2.07. The fraction of sp³-hybridized carbons (Fsp3) is 0.429. The van der Waals surface area contributed by atoms with Crippen molar-refractivity contribution in [1.82, 2.24) is 4.90 Å². The second kappa shape index (κ2) is 5.83. The van der Waals surface area contributed by atoms with E-state index in [2.05, 4.69) is 6.07 Å². The number of esters is 1. The highest BCUT2D eigenvalue weighted by Gasteiger charge is 2.36. The van der Waals surface area contributed by atoms with Gasteiger partial charge in [0.2, 0.25) is 0 Å². The summed E-state index contributed by atoms with van der Waals surface area (Å²) in [5, 5.41) is 18.4. The molecular weight excluding hydrogens is 244 g/mol. The Labute approximate surface area is 112 Å². The first-order valence-electron chi connectivity index (χ1n) is 6.13. The third-order valence-corrected chi connectivity index (χ3v) is 3.32. The Morgan fingerprint density at radius 3 is 2.79 bits per heavy atom. The number of aliphatic hydroxyl groups is 1. The topological polar surface area (TPSA) is 73.6 Å². The van der Waals surface area contributed by atoms with Gasteiger partial charge in [-0.2, -0.15) is 5.26 Å². The molecule has 1 fully saturated rings. The first-order valence-corrected chi connectivity index (χ1v) is 6.13. The second-order valence-corrected chi connectivity index (χ2v) is 4.67. The van der Waals surface area contributed by atoms with E-state index >= 15 is 0 Å². The average molecular weight is 260 g/mol. The number of nitrogens with zero attached hydrogens (tertiary/aromatic N) is 2. The largest absolute Gasteiger partial charge is 0.468 e. The van der Waals surface area contributed by atoms with Crippen LogP contribution in [0, 0.1) is 11.3 Å². The molecule has 1 aromatic rings. The summed E-state index contributed by atoms with van der Waals surface area (Å²) in [5.41, 5.74) is 1.61. The lowest BCUT2D eigenvalue weighted by atomic mass is 10.1. The van der Waals surface area contributed by atoms with Crippen molar-refractivity contribution in [3.8, 4) is 6.07 Å². The van der Waals surface area contributed by atoms with Gasteiger partial charge in [-0.3, -0.25) is 9.69 Å². The Kier molecular flexibility index (Phi) is 4.15. The van der Waals surface area contributed by atoms with Crippen LogP contribution in [0.4, 0.5) is 0 Å². The Morgan fingerprint density at radius 1 is 1.53 bits per heavy atom. The number of carbonyl (C=O) groups excluding carboxylic acids is 1. The molecule has 0 bridgehead atoms. The number of rotatable bonds is 3. The monoisotopic (exact) mass is 260 g/mol. The van der Waals surface area contributed by atoms with Crippen LogP contribution in [-0.2, 0) is 16.1 Å². The molecule has 1 N–H and O–H groups in total. The van der Waals surface area contributed by atoms with Crippen molar-refractivity contribution < 1.29 is 14.6 Å². The van der Waals surface area contributed by atoms with Gasteiger partial charge < -0.3 is 9.84 Å². The molecule has 0 spiro atoms. The quantitative estimate of drug-likeness (QED) is 0.808. The molecule has 1 aromatic carbocycles. The lowest BCUT2D eigenvalue weighted by Crippen LogP contribution is -2.36. The molecule has 2 rings (SSSR count). The van der Waals surface area contributed by atoms with Gasteiger partial charge in [0.05, 0.1) is 24.8 Å². The normalized spacial score (nSPS) is 23.0. The number of aliphatic hydroxyl groups excluding tert-OH is 1. The van der Waals surface area contributed by atoms with Gasteiger partial charge in [0.1, 0.15) is 6.04 Å². The van der Waals surface area contributed by atoms with Gasteiger partial charge in [0.25, 0.3) is 0 Å². The number of nitriles is 1. The highest BCUT2D eigenvalue weighted by atomic mass is 16.5. The second-order valence-electron chi connectivity index (χ2n) is 4.67. The van der Waals surface area contributed by atoms with Gasteiger partial charge in [-0.25, -0.2) is 0 Å². The summed E-state index contributed by atoms with van der Waals surface area (Å²) in [6.45, 7) is 1.02. The van der Waals surface area contributed by atoms with Crippen molar-refractivity contribution in [2.24, 2.45) is 0 Å². The molecule has 2 unspecified atom stereocenters. The van der Waals surface area contributed by atoms with E-state index < -0.39 is 12.1 Å². The summed E-state index contributed by atoms with van der Waals surface area (Å²) in [7, 11) is 1.35. The third-order valence-electron chi connectivity index (χ3n) is 3.32. The molecule has 0 amide bonds. The molecule has 0 aliphatic carbocycles. The number of hydrogen-bond donors (Lipinski definition) is 1. The van der Waals surface area contributed by atoms with Crippen LogP contribution in [0.5, 0.6) is 0 Å². The Hall–Kier alpha value is -1.90. The number of methoxy groups -OCH3 is 1. The van der Waals surface area contributed by atoms with E-state index in [1.54, 1.807) is 12.1 Å². The first kappa shape index (κ1) is 13.5.